The van der Waals surface area contributed by atoms with Crippen LogP contribution < -0.4 is 5.43 Å². The van der Waals surface area contributed by atoms with Crippen molar-refractivity contribution in [1.29, 1.82) is 0 Å². The normalized spacial score (nSPS) is 11.5. The van der Waals surface area contributed by atoms with E-state index in [0.29, 0.717) is 0 Å². The molecule has 1 amide bonds. The van der Waals surface area contributed by atoms with E-state index in [0.717, 1.165) is 52.1 Å². The number of benzene rings is 4. The predicted octanol–water partition coefficient (Wildman–Crippen LogP) is 7.03. The molecule has 0 saturated heterocycles. The van der Waals surface area contributed by atoms with Crippen molar-refractivity contribution in [2.75, 3.05) is 5.75 Å². The maximum Gasteiger partial charge on any atom is 0.250 e. The summed E-state index contributed by atoms with van der Waals surface area (Å²) in [6.07, 6.45) is 1.72. The van der Waals surface area contributed by atoms with Gasteiger partial charge in [0, 0.05) is 16.3 Å². The quantitative estimate of drug-likeness (QED) is 0.100. The first kappa shape index (κ1) is 23.8. The molecule has 0 bridgehead atoms. The lowest BCUT2D eigenvalue weighted by molar-refractivity contribution is -0.118. The second-order valence-electron chi connectivity index (χ2n) is 7.53. The molecule has 4 aromatic carbocycles. The molecule has 174 valence electrons. The minimum Gasteiger partial charge on any atom is -0.272 e. The molecule has 0 atom stereocenters. The molecule has 0 aliphatic heterocycles. The Hall–Kier alpha value is -2.91. The summed E-state index contributed by atoms with van der Waals surface area (Å²) in [5, 5.41) is 17.8. The lowest BCUT2D eigenvalue weighted by atomic mass is 9.97. The average Bonchev–Trinajstić information content (AvgIpc) is 3.34. The van der Waals surface area contributed by atoms with Crippen LogP contribution in [-0.2, 0) is 10.5 Å². The van der Waals surface area contributed by atoms with E-state index in [4.69, 9.17) is 11.6 Å². The number of thioether (sulfide) groups is 2. The van der Waals surface area contributed by atoms with E-state index in [-0.39, 0.29) is 11.7 Å². The molecule has 0 unspecified atom stereocenters. The van der Waals surface area contributed by atoms with Gasteiger partial charge in [-0.1, -0.05) is 113 Å². The van der Waals surface area contributed by atoms with Crippen LogP contribution >= 0.6 is 46.5 Å². The van der Waals surface area contributed by atoms with Crippen LogP contribution in [0.3, 0.4) is 0 Å². The van der Waals surface area contributed by atoms with Crippen LogP contribution in [0.15, 0.2) is 92.6 Å². The van der Waals surface area contributed by atoms with Crippen molar-refractivity contribution in [2.45, 2.75) is 14.4 Å². The minimum atomic E-state index is -0.198. The fourth-order valence-electron chi connectivity index (χ4n) is 3.59. The summed E-state index contributed by atoms with van der Waals surface area (Å²) in [4.78, 5) is 12.4. The first-order valence-electron chi connectivity index (χ1n) is 10.7. The highest BCUT2D eigenvalue weighted by atomic mass is 35.5. The molecule has 35 heavy (non-hydrogen) atoms. The van der Waals surface area contributed by atoms with Crippen molar-refractivity contribution in [3.63, 3.8) is 0 Å². The van der Waals surface area contributed by atoms with Crippen molar-refractivity contribution in [3.8, 4) is 0 Å². The predicted molar refractivity (Wildman–Crippen MR) is 149 cm³/mol. The van der Waals surface area contributed by atoms with Gasteiger partial charge in [-0.2, -0.15) is 5.10 Å². The number of nitrogens with one attached hydrogen (secondary N) is 1. The van der Waals surface area contributed by atoms with Crippen LogP contribution in [0.4, 0.5) is 0 Å². The molecule has 5 rings (SSSR count). The third kappa shape index (κ3) is 5.85. The van der Waals surface area contributed by atoms with Gasteiger partial charge in [0.2, 0.25) is 0 Å². The number of hydrogen-bond acceptors (Lipinski definition) is 7. The Balaban J connectivity index is 1.19. The summed E-state index contributed by atoms with van der Waals surface area (Å²) in [5.74, 6) is 0.727. The fraction of sp³-hybridized carbons (Fsp3) is 0.0769. The molecule has 1 heterocycles. The number of fused-ring (bicyclic) bond motifs is 2. The van der Waals surface area contributed by atoms with E-state index in [1.54, 1.807) is 18.0 Å². The zero-order chi connectivity index (χ0) is 24.0. The van der Waals surface area contributed by atoms with Crippen LogP contribution in [0.25, 0.3) is 21.5 Å². The van der Waals surface area contributed by atoms with E-state index in [1.807, 2.05) is 48.5 Å². The summed E-state index contributed by atoms with van der Waals surface area (Å²) < 4.78 is 1.58. The van der Waals surface area contributed by atoms with Crippen LogP contribution in [0.2, 0.25) is 5.02 Å². The lowest BCUT2D eigenvalue weighted by Crippen LogP contribution is -2.19. The van der Waals surface area contributed by atoms with Gasteiger partial charge >= 0.3 is 0 Å². The SMILES string of the molecule is O=C(CSc1nnc(SCc2ccccc2Cl)s1)NN=Cc1c2ccccc2cc2ccccc12. The number of hydrazone groups is 1. The molecular weight excluding hydrogens is 516 g/mol. The molecular formula is C26H19ClN4OS3. The standard InChI is InChI=1S/C26H19ClN4OS3/c27-23-12-6-3-9-19(23)15-33-25-30-31-26(35-25)34-16-24(32)29-28-14-22-20-10-4-1-7-17(20)13-18-8-2-5-11-21(18)22/h1-14H,15-16H2,(H,29,32). The molecule has 0 fully saturated rings. The fourth-order valence-corrected chi connectivity index (χ4v) is 6.68. The largest absolute Gasteiger partial charge is 0.272 e. The van der Waals surface area contributed by atoms with Gasteiger partial charge < -0.3 is 0 Å². The maximum atomic E-state index is 12.4. The second-order valence-corrected chi connectivity index (χ2v) is 11.4. The van der Waals surface area contributed by atoms with Gasteiger partial charge in [0.05, 0.1) is 12.0 Å². The number of carbonyl (C=O) groups excluding carboxylic acids is 1. The number of rotatable bonds is 8. The van der Waals surface area contributed by atoms with Crippen LogP contribution in [0.5, 0.6) is 0 Å². The van der Waals surface area contributed by atoms with E-state index >= 15 is 0 Å². The minimum absolute atomic E-state index is 0.198. The molecule has 5 nitrogen and oxygen atoms in total. The third-order valence-electron chi connectivity index (χ3n) is 5.22. The van der Waals surface area contributed by atoms with Gasteiger partial charge in [-0.3, -0.25) is 4.79 Å². The number of nitrogens with zero attached hydrogens (tertiary/aromatic N) is 3. The van der Waals surface area contributed by atoms with Crippen molar-refractivity contribution >= 4 is 80.1 Å². The van der Waals surface area contributed by atoms with Crippen molar-refractivity contribution in [3.05, 3.63) is 95.0 Å². The molecule has 0 saturated carbocycles. The van der Waals surface area contributed by atoms with E-state index in [9.17, 15) is 4.79 Å². The first-order valence-corrected chi connectivity index (χ1v) is 13.9. The number of halogens is 1. The van der Waals surface area contributed by atoms with Gasteiger partial charge in [-0.25, -0.2) is 5.43 Å². The molecule has 0 aliphatic carbocycles. The summed E-state index contributed by atoms with van der Waals surface area (Å²) in [7, 11) is 0. The van der Waals surface area contributed by atoms with Crippen molar-refractivity contribution < 1.29 is 4.79 Å². The molecule has 5 aromatic rings. The number of amides is 1. The number of carbonyl (C=O) groups is 1. The molecule has 1 N–H and O–H groups in total. The Morgan fingerprint density at radius 2 is 1.54 bits per heavy atom. The highest BCUT2D eigenvalue weighted by Crippen LogP contribution is 2.32. The molecule has 1 aromatic heterocycles. The Bertz CT molecular complexity index is 1480. The highest BCUT2D eigenvalue weighted by Gasteiger charge is 2.10. The summed E-state index contributed by atoms with van der Waals surface area (Å²) in [5.41, 5.74) is 4.67. The Morgan fingerprint density at radius 3 is 2.26 bits per heavy atom. The van der Waals surface area contributed by atoms with Crippen LogP contribution in [-0.4, -0.2) is 28.1 Å². The van der Waals surface area contributed by atoms with Gasteiger partial charge in [0.1, 0.15) is 0 Å². The second kappa shape index (κ2) is 11.2. The van der Waals surface area contributed by atoms with E-state index < -0.39 is 0 Å². The van der Waals surface area contributed by atoms with Crippen molar-refractivity contribution in [2.24, 2.45) is 5.10 Å². The maximum absolute atomic E-state index is 12.4. The third-order valence-corrected chi connectivity index (χ3v) is 8.83. The van der Waals surface area contributed by atoms with Crippen LogP contribution in [0.1, 0.15) is 11.1 Å². The van der Waals surface area contributed by atoms with Gasteiger partial charge in [-0.05, 0) is 39.2 Å². The van der Waals surface area contributed by atoms with E-state index in [1.165, 1.54) is 23.1 Å². The van der Waals surface area contributed by atoms with E-state index in [2.05, 4.69) is 51.1 Å². The van der Waals surface area contributed by atoms with Gasteiger partial charge in [-0.15, -0.1) is 10.2 Å². The summed E-state index contributed by atoms with van der Waals surface area (Å²) >= 11 is 10.6. The average molecular weight is 535 g/mol. The highest BCUT2D eigenvalue weighted by molar-refractivity contribution is 8.03. The van der Waals surface area contributed by atoms with Gasteiger partial charge in [0.15, 0.2) is 8.68 Å². The summed E-state index contributed by atoms with van der Waals surface area (Å²) in [6, 6.07) is 26.3. The lowest BCUT2D eigenvalue weighted by Gasteiger charge is -2.07. The molecule has 9 heteroatoms. The first-order chi connectivity index (χ1) is 17.2. The van der Waals surface area contributed by atoms with Crippen molar-refractivity contribution in [1.82, 2.24) is 15.6 Å². The molecule has 0 aliphatic rings. The Kier molecular flexibility index (Phi) is 7.63. The summed E-state index contributed by atoms with van der Waals surface area (Å²) in [6.45, 7) is 0. The zero-order valence-corrected chi connectivity index (χ0v) is 21.6. The number of hydrogen-bond donors (Lipinski definition) is 1. The van der Waals surface area contributed by atoms with Crippen LogP contribution in [0, 0.1) is 0 Å². The monoisotopic (exact) mass is 534 g/mol. The number of aromatic nitrogens is 2. The molecule has 0 radical (unpaired) electrons. The Labute approximate surface area is 220 Å². The zero-order valence-electron chi connectivity index (χ0n) is 18.3. The molecule has 0 spiro atoms. The Morgan fingerprint density at radius 1 is 0.914 bits per heavy atom. The smallest absolute Gasteiger partial charge is 0.250 e. The van der Waals surface area contributed by atoms with Gasteiger partial charge in [0.25, 0.3) is 5.91 Å². The topological polar surface area (TPSA) is 67.2 Å².